The van der Waals surface area contributed by atoms with Crippen molar-refractivity contribution in [3.63, 3.8) is 0 Å². The van der Waals surface area contributed by atoms with Crippen LogP contribution in [0.2, 0.25) is 0 Å². The van der Waals surface area contributed by atoms with Gasteiger partial charge in [0.15, 0.2) is 5.60 Å². The van der Waals surface area contributed by atoms with Crippen LogP contribution in [0.4, 0.5) is 54.6 Å². The summed E-state index contributed by atoms with van der Waals surface area (Å²) in [4.78, 5) is 27.9. The summed E-state index contributed by atoms with van der Waals surface area (Å²) in [7, 11) is 1.15. The van der Waals surface area contributed by atoms with Crippen molar-refractivity contribution in [2.45, 2.75) is 62.8 Å². The van der Waals surface area contributed by atoms with Gasteiger partial charge in [-0.1, -0.05) is 0 Å². The van der Waals surface area contributed by atoms with Crippen molar-refractivity contribution < 1.29 is 63.3 Å². The molecule has 3 aromatic rings. The number of alkyl halides is 10. The molecule has 0 spiro atoms. The van der Waals surface area contributed by atoms with Gasteiger partial charge in [-0.15, -0.1) is 0 Å². The van der Waals surface area contributed by atoms with Crippen molar-refractivity contribution in [1.82, 2.24) is 19.9 Å². The Labute approximate surface area is 265 Å². The third-order valence-corrected chi connectivity index (χ3v) is 8.07. The summed E-state index contributed by atoms with van der Waals surface area (Å²) < 4.78 is 146. The van der Waals surface area contributed by atoms with Crippen molar-refractivity contribution in [2.24, 2.45) is 0 Å². The molecule has 0 aliphatic carbocycles. The van der Waals surface area contributed by atoms with E-state index in [1.807, 2.05) is 0 Å². The van der Waals surface area contributed by atoms with Gasteiger partial charge in [0, 0.05) is 29.1 Å². The Balaban J connectivity index is 1.58. The molecule has 2 fully saturated rings. The first-order chi connectivity index (χ1) is 22.1. The number of aromatic nitrogens is 3. The van der Waals surface area contributed by atoms with E-state index in [1.54, 1.807) is 0 Å². The summed E-state index contributed by atoms with van der Waals surface area (Å²) in [5.41, 5.74) is -8.25. The fraction of sp³-hybridized carbons (Fsp3) is 0.448. The predicted octanol–water partition coefficient (Wildman–Crippen LogP) is 6.59. The van der Waals surface area contributed by atoms with Gasteiger partial charge in [0.2, 0.25) is 11.8 Å². The van der Waals surface area contributed by atoms with E-state index in [0.29, 0.717) is 19.1 Å². The van der Waals surface area contributed by atoms with Crippen LogP contribution in [0, 0.1) is 0 Å². The highest BCUT2D eigenvalue weighted by Crippen LogP contribution is 2.44. The van der Waals surface area contributed by atoms with Gasteiger partial charge in [0.1, 0.15) is 12.3 Å². The van der Waals surface area contributed by atoms with Crippen LogP contribution in [-0.4, -0.2) is 69.6 Å². The number of rotatable bonds is 7. The number of anilines is 1. The second-order valence-electron chi connectivity index (χ2n) is 11.4. The maximum absolute atomic E-state index is 13.7. The minimum atomic E-state index is -5.17. The number of methoxy groups -OCH3 is 1. The Morgan fingerprint density at radius 3 is 2.04 bits per heavy atom. The smallest absolute Gasteiger partial charge is 0.421 e. The average molecular weight is 698 g/mol. The summed E-state index contributed by atoms with van der Waals surface area (Å²) in [5.74, 6) is -0.293. The molecule has 48 heavy (non-hydrogen) atoms. The lowest BCUT2D eigenvalue weighted by Crippen LogP contribution is -2.49. The van der Waals surface area contributed by atoms with E-state index in [9.17, 15) is 53.8 Å². The van der Waals surface area contributed by atoms with Crippen molar-refractivity contribution >= 4 is 12.0 Å². The van der Waals surface area contributed by atoms with Crippen molar-refractivity contribution in [1.29, 1.82) is 0 Å². The molecule has 5 rings (SSSR count). The zero-order valence-corrected chi connectivity index (χ0v) is 25.0. The molecule has 2 aromatic heterocycles. The molecule has 0 bridgehead atoms. The van der Waals surface area contributed by atoms with Crippen LogP contribution in [0.3, 0.4) is 0 Å². The van der Waals surface area contributed by atoms with Crippen LogP contribution in [0.5, 0.6) is 5.88 Å². The largest absolute Gasteiger partial charge is 0.481 e. The first-order valence-corrected chi connectivity index (χ1v) is 14.0. The summed E-state index contributed by atoms with van der Waals surface area (Å²) in [6.07, 6.45) is -17.6. The number of cyclic esters (lactones) is 1. The molecule has 1 unspecified atom stereocenters. The lowest BCUT2D eigenvalue weighted by molar-refractivity contribution is -0.259. The number of aliphatic hydroxyl groups is 1. The lowest BCUT2D eigenvalue weighted by atomic mass is 9.94. The Bertz CT molecular complexity index is 1670. The molecule has 4 heterocycles. The molecule has 2 aliphatic rings. The molecule has 3 atom stereocenters. The normalized spacial score (nSPS) is 20.4. The summed E-state index contributed by atoms with van der Waals surface area (Å²) in [6, 6.07) is 0.518. The van der Waals surface area contributed by atoms with Gasteiger partial charge in [-0.25, -0.2) is 24.1 Å². The van der Waals surface area contributed by atoms with Crippen LogP contribution in [0.25, 0.3) is 11.1 Å². The Morgan fingerprint density at radius 2 is 1.52 bits per heavy atom. The molecule has 1 N–H and O–H groups in total. The minimum absolute atomic E-state index is 0.0440. The fourth-order valence-corrected chi connectivity index (χ4v) is 5.19. The molecule has 260 valence electrons. The van der Waals surface area contributed by atoms with E-state index in [0.717, 1.165) is 30.5 Å². The molecule has 2 aliphatic heterocycles. The number of pyridine rings is 1. The van der Waals surface area contributed by atoms with E-state index in [1.165, 1.54) is 11.8 Å². The highest BCUT2D eigenvalue weighted by Gasteiger charge is 2.52. The fourth-order valence-electron chi connectivity index (χ4n) is 5.19. The van der Waals surface area contributed by atoms with Gasteiger partial charge in [-0.3, -0.25) is 4.90 Å². The van der Waals surface area contributed by atoms with Crippen LogP contribution >= 0.6 is 0 Å². The molecule has 0 radical (unpaired) electrons. The summed E-state index contributed by atoms with van der Waals surface area (Å²) >= 11 is 0. The predicted molar refractivity (Wildman–Crippen MR) is 145 cm³/mol. The number of nitrogens with zero attached hydrogens (tertiary/aromatic N) is 5. The standard InChI is InChI=1S/C29H25F10N5O4/c1-13-22(14-4-15(27(31,32)33)6-16(5-14)28(34,35)36)48-25(45)44(13)12-21-20(9-41-24(42-21)43-10-18(30)11-43)19-7-17(8-40-23(19)47-3)26(2,46)29(37,38)39/h4-9,13,18,22,46H,10-12H2,1-3H3/t13-,22-,26?/m0/s1. The van der Waals surface area contributed by atoms with Gasteiger partial charge in [-0.2, -0.15) is 39.5 Å². The first-order valence-electron chi connectivity index (χ1n) is 14.0. The minimum Gasteiger partial charge on any atom is -0.481 e. The van der Waals surface area contributed by atoms with Gasteiger partial charge in [0.25, 0.3) is 0 Å². The van der Waals surface area contributed by atoms with Crippen molar-refractivity contribution in [2.75, 3.05) is 25.1 Å². The number of benzene rings is 1. The van der Waals surface area contributed by atoms with Crippen molar-refractivity contribution in [3.05, 3.63) is 64.6 Å². The van der Waals surface area contributed by atoms with E-state index in [4.69, 9.17) is 9.47 Å². The monoisotopic (exact) mass is 697 g/mol. The van der Waals surface area contributed by atoms with E-state index < -0.39 is 77.3 Å². The molecule has 2 saturated heterocycles. The third kappa shape index (κ3) is 6.51. The maximum atomic E-state index is 13.7. The number of carbonyl (C=O) groups is 1. The number of halogens is 10. The molecule has 19 heteroatoms. The Morgan fingerprint density at radius 1 is 0.917 bits per heavy atom. The highest BCUT2D eigenvalue weighted by molar-refractivity contribution is 5.74. The zero-order valence-electron chi connectivity index (χ0n) is 25.0. The Kier molecular flexibility index (Phi) is 8.67. The van der Waals surface area contributed by atoms with Crippen LogP contribution < -0.4 is 9.64 Å². The van der Waals surface area contributed by atoms with Gasteiger partial charge in [0.05, 0.1) is 49.6 Å². The average Bonchev–Trinajstić information content (AvgIpc) is 3.26. The topological polar surface area (TPSA) is 101 Å². The molecular formula is C29H25F10N5O4. The first kappa shape index (κ1) is 34.9. The van der Waals surface area contributed by atoms with E-state index in [-0.39, 0.29) is 47.8 Å². The lowest BCUT2D eigenvalue weighted by Gasteiger charge is -2.34. The van der Waals surface area contributed by atoms with Gasteiger partial charge < -0.3 is 19.5 Å². The number of carbonyl (C=O) groups excluding carboxylic acids is 1. The summed E-state index contributed by atoms with van der Waals surface area (Å²) in [6.45, 7) is 1.04. The van der Waals surface area contributed by atoms with Gasteiger partial charge in [-0.05, 0) is 43.7 Å². The second kappa shape index (κ2) is 11.9. The van der Waals surface area contributed by atoms with E-state index in [2.05, 4.69) is 15.0 Å². The van der Waals surface area contributed by atoms with Crippen LogP contribution in [-0.2, 0) is 29.2 Å². The van der Waals surface area contributed by atoms with Crippen LogP contribution in [0.1, 0.15) is 47.9 Å². The number of ether oxygens (including phenoxy) is 2. The molecule has 1 amide bonds. The van der Waals surface area contributed by atoms with E-state index >= 15 is 0 Å². The SMILES string of the molecule is COc1ncc(C(C)(O)C(F)(F)F)cc1-c1cnc(N2CC(F)C2)nc1CN1C(=O)O[C@H](c2cc(C(F)(F)F)cc(C(F)(F)F)c2)[C@@H]1C. The molecule has 1 aromatic carbocycles. The third-order valence-electron chi connectivity index (χ3n) is 8.07. The second-order valence-corrected chi connectivity index (χ2v) is 11.4. The van der Waals surface area contributed by atoms with Crippen molar-refractivity contribution in [3.8, 4) is 17.0 Å². The highest BCUT2D eigenvalue weighted by atomic mass is 19.4. The maximum Gasteiger partial charge on any atom is 0.421 e. The van der Waals surface area contributed by atoms with Crippen LogP contribution in [0.15, 0.2) is 36.7 Å². The summed E-state index contributed by atoms with van der Waals surface area (Å²) in [5, 5.41) is 10.3. The molecule has 9 nitrogen and oxygen atoms in total. The zero-order chi connectivity index (χ0) is 35.6. The number of amides is 1. The number of hydrogen-bond acceptors (Lipinski definition) is 8. The molecular weight excluding hydrogens is 672 g/mol. The van der Waals surface area contributed by atoms with Gasteiger partial charge >= 0.3 is 24.6 Å². The quantitative estimate of drug-likeness (QED) is 0.276. The Hall–Kier alpha value is -4.42. The molecule has 0 saturated carbocycles. The number of hydrogen-bond donors (Lipinski definition) is 1.